The van der Waals surface area contributed by atoms with E-state index in [2.05, 4.69) is 11.9 Å². The van der Waals surface area contributed by atoms with Gasteiger partial charge in [-0.1, -0.05) is 30.8 Å². The van der Waals surface area contributed by atoms with E-state index in [1.54, 1.807) is 7.11 Å². The molecular weight excluding hydrogens is 426 g/mol. The van der Waals surface area contributed by atoms with Crippen molar-refractivity contribution in [2.45, 2.75) is 39.2 Å². The minimum atomic E-state index is -0.420. The van der Waals surface area contributed by atoms with E-state index in [4.69, 9.17) is 9.47 Å². The number of methoxy groups -OCH3 is 2. The first-order valence-electron chi connectivity index (χ1n) is 10.9. The molecule has 3 aliphatic heterocycles. The van der Waals surface area contributed by atoms with E-state index < -0.39 is 12.0 Å². The van der Waals surface area contributed by atoms with Crippen LogP contribution in [-0.4, -0.2) is 54.2 Å². The second-order valence-electron chi connectivity index (χ2n) is 8.40. The molecule has 1 aromatic rings. The molecule has 32 heavy (non-hydrogen) atoms. The number of allylic oxidation sites excluding steroid dienone is 1. The van der Waals surface area contributed by atoms with Crippen molar-refractivity contribution in [3.8, 4) is 5.75 Å². The van der Waals surface area contributed by atoms with Gasteiger partial charge in [0, 0.05) is 18.8 Å². The molecule has 0 bridgehead atoms. The smallest absolute Gasteiger partial charge is 0.338 e. The van der Waals surface area contributed by atoms with Crippen LogP contribution in [0.4, 0.5) is 0 Å². The normalized spacial score (nSPS) is 21.2. The Bertz CT molecular complexity index is 991. The Balaban J connectivity index is 1.65. The summed E-state index contributed by atoms with van der Waals surface area (Å²) >= 11 is 1.49. The number of hydrogen-bond acceptors (Lipinski definition) is 7. The first-order valence-corrected chi connectivity index (χ1v) is 11.7. The summed E-state index contributed by atoms with van der Waals surface area (Å²) in [4.78, 5) is 34.5. The molecular formula is C24H29N3O4S. The lowest BCUT2D eigenvalue weighted by molar-refractivity contribution is -0.136. The molecule has 7 nitrogen and oxygen atoms in total. The fraction of sp³-hybridized carbons (Fsp3) is 0.458. The molecule has 1 amide bonds. The van der Waals surface area contributed by atoms with Gasteiger partial charge in [-0.2, -0.15) is 0 Å². The zero-order chi connectivity index (χ0) is 22.8. The van der Waals surface area contributed by atoms with E-state index in [1.165, 1.54) is 18.9 Å². The van der Waals surface area contributed by atoms with E-state index in [9.17, 15) is 9.59 Å². The highest BCUT2D eigenvalue weighted by Crippen LogP contribution is 2.45. The van der Waals surface area contributed by atoms with Crippen molar-refractivity contribution >= 4 is 28.8 Å². The number of hydrogen-bond donors (Lipinski definition) is 0. The van der Waals surface area contributed by atoms with Crippen molar-refractivity contribution in [3.63, 3.8) is 0 Å². The topological polar surface area (TPSA) is 71.4 Å². The summed E-state index contributed by atoms with van der Waals surface area (Å²) in [5, 5.41) is 2.75. The molecule has 170 valence electrons. The predicted molar refractivity (Wildman–Crippen MR) is 125 cm³/mol. The molecule has 0 N–H and O–H groups in total. The maximum absolute atomic E-state index is 13.1. The number of aliphatic imine (C=N–C) groups is 1. The van der Waals surface area contributed by atoms with Gasteiger partial charge in [0.05, 0.1) is 38.0 Å². The van der Waals surface area contributed by atoms with Crippen LogP contribution >= 0.6 is 11.8 Å². The number of likely N-dealkylation sites (tertiary alicyclic amines) is 1. The fourth-order valence-corrected chi connectivity index (χ4v) is 5.33. The van der Waals surface area contributed by atoms with Gasteiger partial charge in [0.2, 0.25) is 5.91 Å². The molecule has 1 saturated heterocycles. The van der Waals surface area contributed by atoms with Gasteiger partial charge >= 0.3 is 5.97 Å². The van der Waals surface area contributed by atoms with Crippen LogP contribution in [0.15, 0.2) is 51.6 Å². The Morgan fingerprint density at radius 2 is 1.84 bits per heavy atom. The number of amides is 1. The molecule has 1 fully saturated rings. The van der Waals surface area contributed by atoms with E-state index >= 15 is 0 Å². The summed E-state index contributed by atoms with van der Waals surface area (Å²) < 4.78 is 10.4. The average Bonchev–Trinajstić information content (AvgIpc) is 3.20. The summed E-state index contributed by atoms with van der Waals surface area (Å²) in [6.07, 6.45) is 2.36. The maximum atomic E-state index is 13.1. The number of benzene rings is 1. The van der Waals surface area contributed by atoms with Gasteiger partial charge in [0.1, 0.15) is 5.75 Å². The van der Waals surface area contributed by atoms with E-state index in [0.717, 1.165) is 48.1 Å². The van der Waals surface area contributed by atoms with Gasteiger partial charge in [-0.15, -0.1) is 0 Å². The van der Waals surface area contributed by atoms with Crippen LogP contribution in [0.3, 0.4) is 0 Å². The summed E-state index contributed by atoms with van der Waals surface area (Å²) in [5.41, 5.74) is 2.87. The largest absolute Gasteiger partial charge is 0.497 e. The molecule has 0 aliphatic carbocycles. The number of amidine groups is 1. The standard InChI is InChI=1S/C24H29N3O4S/c1-15-9-11-26(12-10-15)20(28)13-18-14-32-24-25-16(2)21(23(29)31-4)22(27(18)24)17-5-7-19(30-3)8-6-17/h5-8,14-15,22H,9-13H2,1-4H3. The molecule has 0 spiro atoms. The van der Waals surface area contributed by atoms with E-state index in [1.807, 2.05) is 46.4 Å². The molecule has 1 atom stereocenters. The highest BCUT2D eigenvalue weighted by Gasteiger charge is 2.41. The Morgan fingerprint density at radius 3 is 2.47 bits per heavy atom. The van der Waals surface area contributed by atoms with Crippen molar-refractivity contribution in [1.82, 2.24) is 9.80 Å². The average molecular weight is 456 g/mol. The molecule has 4 rings (SSSR count). The number of esters is 1. The number of nitrogens with zero attached hydrogens (tertiary/aromatic N) is 3. The third kappa shape index (κ3) is 4.28. The summed E-state index contributed by atoms with van der Waals surface area (Å²) in [5.74, 6) is 1.10. The highest BCUT2D eigenvalue weighted by molar-refractivity contribution is 8.16. The molecule has 3 heterocycles. The van der Waals surface area contributed by atoms with Gasteiger partial charge in [-0.3, -0.25) is 4.79 Å². The lowest BCUT2D eigenvalue weighted by Gasteiger charge is -2.37. The predicted octanol–water partition coefficient (Wildman–Crippen LogP) is 4.09. The number of carbonyl (C=O) groups excluding carboxylic acids is 2. The van der Waals surface area contributed by atoms with Crippen molar-refractivity contribution in [2.75, 3.05) is 27.3 Å². The van der Waals surface area contributed by atoms with Crippen LogP contribution in [-0.2, 0) is 14.3 Å². The fourth-order valence-electron chi connectivity index (χ4n) is 4.37. The lowest BCUT2D eigenvalue weighted by atomic mass is 9.93. The monoisotopic (exact) mass is 455 g/mol. The molecule has 1 unspecified atom stereocenters. The van der Waals surface area contributed by atoms with Crippen molar-refractivity contribution in [1.29, 1.82) is 0 Å². The molecule has 0 aromatic heterocycles. The van der Waals surface area contributed by atoms with Gasteiger partial charge in [-0.05, 0) is 48.8 Å². The number of rotatable bonds is 5. The first-order chi connectivity index (χ1) is 15.4. The van der Waals surface area contributed by atoms with Crippen LogP contribution in [0.5, 0.6) is 5.75 Å². The minimum absolute atomic E-state index is 0.115. The molecule has 3 aliphatic rings. The Labute approximate surface area is 193 Å². The van der Waals surface area contributed by atoms with E-state index in [-0.39, 0.29) is 12.3 Å². The number of piperidine rings is 1. The van der Waals surface area contributed by atoms with Gasteiger partial charge in [0.25, 0.3) is 0 Å². The molecule has 0 saturated carbocycles. The first kappa shape index (κ1) is 22.5. The second kappa shape index (κ2) is 9.40. The number of fused-ring (bicyclic) bond motifs is 1. The van der Waals surface area contributed by atoms with Gasteiger partial charge < -0.3 is 19.3 Å². The zero-order valence-electron chi connectivity index (χ0n) is 19.0. The van der Waals surface area contributed by atoms with Crippen LogP contribution < -0.4 is 4.74 Å². The van der Waals surface area contributed by atoms with Gasteiger partial charge in [-0.25, -0.2) is 9.79 Å². The quantitative estimate of drug-likeness (QED) is 0.623. The van der Waals surface area contributed by atoms with Crippen molar-refractivity contribution in [2.24, 2.45) is 10.9 Å². The molecule has 0 radical (unpaired) electrons. The van der Waals surface area contributed by atoms with Crippen LogP contribution in [0, 0.1) is 5.92 Å². The zero-order valence-corrected chi connectivity index (χ0v) is 19.8. The van der Waals surface area contributed by atoms with Crippen LogP contribution in [0.2, 0.25) is 0 Å². The van der Waals surface area contributed by atoms with Gasteiger partial charge in [0.15, 0.2) is 5.17 Å². The third-order valence-electron chi connectivity index (χ3n) is 6.31. The van der Waals surface area contributed by atoms with Crippen LogP contribution in [0.1, 0.15) is 44.7 Å². The SMILES string of the molecule is COC(=O)C1=C(C)N=C2SC=C(CC(=O)N3CCC(C)CC3)N2C1c1ccc(OC)cc1. The summed E-state index contributed by atoms with van der Waals surface area (Å²) in [6.45, 7) is 5.66. The van der Waals surface area contributed by atoms with Crippen molar-refractivity contribution in [3.05, 3.63) is 52.2 Å². The second-order valence-corrected chi connectivity index (χ2v) is 9.23. The van der Waals surface area contributed by atoms with Crippen molar-refractivity contribution < 1.29 is 19.1 Å². The molecule has 8 heteroatoms. The number of carbonyl (C=O) groups is 2. The summed E-state index contributed by atoms with van der Waals surface area (Å²) in [6, 6.07) is 7.21. The maximum Gasteiger partial charge on any atom is 0.338 e. The Hall–Kier alpha value is -2.74. The number of ether oxygens (including phenoxy) is 2. The lowest BCUT2D eigenvalue weighted by Crippen LogP contribution is -2.41. The minimum Gasteiger partial charge on any atom is -0.497 e. The number of thioether (sulfide) groups is 1. The Morgan fingerprint density at radius 1 is 1.16 bits per heavy atom. The van der Waals surface area contributed by atoms with E-state index in [0.29, 0.717) is 17.2 Å². The van der Waals surface area contributed by atoms with Crippen LogP contribution in [0.25, 0.3) is 0 Å². The third-order valence-corrected chi connectivity index (χ3v) is 7.19. The molecule has 1 aromatic carbocycles. The Kier molecular flexibility index (Phi) is 6.60. The summed E-state index contributed by atoms with van der Waals surface area (Å²) in [7, 11) is 3.00. The highest BCUT2D eigenvalue weighted by atomic mass is 32.2.